The van der Waals surface area contributed by atoms with Gasteiger partial charge in [0.15, 0.2) is 16.7 Å². The Balaban J connectivity index is 1.76. The molecule has 0 aliphatic rings. The van der Waals surface area contributed by atoms with Crippen LogP contribution in [-0.2, 0) is 11.3 Å². The van der Waals surface area contributed by atoms with Crippen LogP contribution in [0.3, 0.4) is 0 Å². The zero-order chi connectivity index (χ0) is 20.3. The molecule has 0 spiro atoms. The Kier molecular flexibility index (Phi) is 6.35. The summed E-state index contributed by atoms with van der Waals surface area (Å²) in [6, 6.07) is 6.01. The predicted octanol–water partition coefficient (Wildman–Crippen LogP) is 3.99. The molecule has 0 saturated carbocycles. The van der Waals surface area contributed by atoms with Crippen molar-refractivity contribution in [2.75, 3.05) is 18.2 Å². The van der Waals surface area contributed by atoms with Crippen molar-refractivity contribution in [3.63, 3.8) is 0 Å². The van der Waals surface area contributed by atoms with Crippen LogP contribution in [0.15, 0.2) is 39.6 Å². The molecule has 0 aliphatic carbocycles. The minimum Gasteiger partial charge on any atom is -0.494 e. The number of carbonyl (C=O) groups excluding carboxylic acids is 1. The first kappa shape index (κ1) is 20.3. The first-order valence-corrected chi connectivity index (χ1v) is 10.5. The van der Waals surface area contributed by atoms with Crippen LogP contribution < -0.4 is 15.6 Å². The summed E-state index contributed by atoms with van der Waals surface area (Å²) < 4.78 is 20.9. The van der Waals surface area contributed by atoms with Crippen LogP contribution in [0.4, 0.5) is 10.1 Å². The Morgan fingerprint density at radius 2 is 2.18 bits per heavy atom. The molecule has 0 bridgehead atoms. The molecule has 3 aromatic rings. The van der Waals surface area contributed by atoms with Crippen LogP contribution in [0.2, 0.25) is 0 Å². The van der Waals surface area contributed by atoms with Gasteiger partial charge in [-0.05, 0) is 29.5 Å². The van der Waals surface area contributed by atoms with Crippen LogP contribution >= 0.6 is 23.1 Å². The minimum absolute atomic E-state index is 0.0494. The number of halogens is 1. The van der Waals surface area contributed by atoms with Crippen LogP contribution in [0.1, 0.15) is 13.8 Å². The summed E-state index contributed by atoms with van der Waals surface area (Å²) in [6.45, 7) is 4.56. The van der Waals surface area contributed by atoms with Crippen molar-refractivity contribution in [3.8, 4) is 5.75 Å². The highest BCUT2D eigenvalue weighted by atomic mass is 32.2. The molecule has 0 fully saturated rings. The average molecular weight is 422 g/mol. The fourth-order valence-electron chi connectivity index (χ4n) is 2.63. The van der Waals surface area contributed by atoms with Crippen molar-refractivity contribution < 1.29 is 13.9 Å². The second-order valence-corrected chi connectivity index (χ2v) is 8.38. The molecule has 2 heterocycles. The molecule has 6 nitrogen and oxygen atoms in total. The zero-order valence-corrected chi connectivity index (χ0v) is 17.3. The van der Waals surface area contributed by atoms with E-state index >= 15 is 0 Å². The van der Waals surface area contributed by atoms with Gasteiger partial charge in [-0.1, -0.05) is 25.6 Å². The Morgan fingerprint density at radius 1 is 1.39 bits per heavy atom. The van der Waals surface area contributed by atoms with E-state index in [0.717, 1.165) is 0 Å². The number of ether oxygens (including phenoxy) is 1. The zero-order valence-electron chi connectivity index (χ0n) is 15.7. The van der Waals surface area contributed by atoms with Gasteiger partial charge >= 0.3 is 0 Å². The molecule has 0 radical (unpaired) electrons. The van der Waals surface area contributed by atoms with Gasteiger partial charge in [0.25, 0.3) is 5.56 Å². The van der Waals surface area contributed by atoms with Gasteiger partial charge in [-0.25, -0.2) is 9.37 Å². The van der Waals surface area contributed by atoms with Crippen LogP contribution in [0.25, 0.3) is 10.2 Å². The lowest BCUT2D eigenvalue weighted by atomic mass is 10.2. The number of amides is 1. The Labute approximate surface area is 169 Å². The number of thiophene rings is 1. The molecular weight excluding hydrogens is 401 g/mol. The minimum atomic E-state index is -0.552. The second-order valence-electron chi connectivity index (χ2n) is 6.53. The Hall–Kier alpha value is -2.39. The van der Waals surface area contributed by atoms with E-state index < -0.39 is 5.82 Å². The van der Waals surface area contributed by atoms with E-state index in [1.54, 1.807) is 16.7 Å². The highest BCUT2D eigenvalue weighted by Gasteiger charge is 2.15. The number of hydrogen-bond donors (Lipinski definition) is 1. The van der Waals surface area contributed by atoms with Gasteiger partial charge in [0.1, 0.15) is 4.70 Å². The molecule has 3 rings (SSSR count). The van der Waals surface area contributed by atoms with E-state index in [4.69, 9.17) is 4.74 Å². The topological polar surface area (TPSA) is 73.2 Å². The van der Waals surface area contributed by atoms with Crippen molar-refractivity contribution in [2.45, 2.75) is 25.5 Å². The maximum Gasteiger partial charge on any atom is 0.272 e. The van der Waals surface area contributed by atoms with Crippen molar-refractivity contribution in [3.05, 3.63) is 45.8 Å². The number of carbonyl (C=O) groups is 1. The van der Waals surface area contributed by atoms with E-state index in [1.807, 2.05) is 19.2 Å². The summed E-state index contributed by atoms with van der Waals surface area (Å²) >= 11 is 2.55. The molecule has 0 aliphatic heterocycles. The molecule has 28 heavy (non-hydrogen) atoms. The first-order chi connectivity index (χ1) is 13.4. The van der Waals surface area contributed by atoms with Crippen molar-refractivity contribution in [1.82, 2.24) is 9.55 Å². The molecule has 1 aromatic carbocycles. The van der Waals surface area contributed by atoms with Crippen molar-refractivity contribution >= 4 is 44.9 Å². The Bertz CT molecular complexity index is 1060. The van der Waals surface area contributed by atoms with Gasteiger partial charge in [0, 0.05) is 18.3 Å². The van der Waals surface area contributed by atoms with E-state index in [2.05, 4.69) is 10.3 Å². The third-order valence-electron chi connectivity index (χ3n) is 3.85. The molecule has 0 atom stereocenters. The summed E-state index contributed by atoms with van der Waals surface area (Å²) in [7, 11) is 1.38. The fourth-order valence-corrected chi connectivity index (χ4v) is 4.22. The average Bonchev–Trinajstić information content (AvgIpc) is 3.11. The number of methoxy groups -OCH3 is 1. The van der Waals surface area contributed by atoms with Crippen LogP contribution in [0, 0.1) is 11.7 Å². The van der Waals surface area contributed by atoms with Crippen LogP contribution in [0.5, 0.6) is 5.75 Å². The van der Waals surface area contributed by atoms with Gasteiger partial charge in [-0.15, -0.1) is 11.3 Å². The third kappa shape index (κ3) is 4.53. The van der Waals surface area contributed by atoms with E-state index in [1.165, 1.54) is 42.3 Å². The van der Waals surface area contributed by atoms with Gasteiger partial charge in [0.2, 0.25) is 5.91 Å². The lowest BCUT2D eigenvalue weighted by molar-refractivity contribution is -0.113. The largest absolute Gasteiger partial charge is 0.494 e. The number of nitrogens with one attached hydrogen (secondary N) is 1. The van der Waals surface area contributed by atoms with Crippen molar-refractivity contribution in [1.29, 1.82) is 0 Å². The fraction of sp³-hybridized carbons (Fsp3) is 0.316. The number of fused-ring (bicyclic) bond motifs is 1. The lowest BCUT2D eigenvalue weighted by Gasteiger charge is -2.14. The SMILES string of the molecule is COc1ccc(NC(=O)CSc2nc3ccsc3c(=O)n2CC(C)C)cc1F. The number of hydrogen-bond acceptors (Lipinski definition) is 6. The lowest BCUT2D eigenvalue weighted by Crippen LogP contribution is -2.25. The van der Waals surface area contributed by atoms with Gasteiger partial charge in [-0.2, -0.15) is 0 Å². The van der Waals surface area contributed by atoms with Crippen LogP contribution in [-0.4, -0.2) is 28.3 Å². The summed E-state index contributed by atoms with van der Waals surface area (Å²) in [4.78, 5) is 29.6. The van der Waals surface area contributed by atoms with E-state index in [9.17, 15) is 14.0 Å². The molecule has 1 N–H and O–H groups in total. The molecular formula is C19H20FN3O3S2. The molecule has 1 amide bonds. The standard InChI is InChI=1S/C19H20FN3O3S2/c1-11(2)9-23-18(25)17-14(6-7-27-17)22-19(23)28-10-16(24)21-12-4-5-15(26-3)13(20)8-12/h4-8,11H,9-10H2,1-3H3,(H,21,24). The summed E-state index contributed by atoms with van der Waals surface area (Å²) in [6.07, 6.45) is 0. The molecule has 9 heteroatoms. The molecule has 0 unspecified atom stereocenters. The second kappa shape index (κ2) is 8.74. The predicted molar refractivity (Wildman–Crippen MR) is 111 cm³/mol. The summed E-state index contributed by atoms with van der Waals surface area (Å²) in [5, 5.41) is 4.98. The molecule has 0 saturated heterocycles. The van der Waals surface area contributed by atoms with E-state index in [-0.39, 0.29) is 28.9 Å². The Morgan fingerprint density at radius 3 is 2.86 bits per heavy atom. The summed E-state index contributed by atoms with van der Waals surface area (Å²) in [5.74, 6) is -0.451. The van der Waals surface area contributed by atoms with E-state index in [0.29, 0.717) is 27.6 Å². The number of benzene rings is 1. The first-order valence-electron chi connectivity index (χ1n) is 8.63. The quantitative estimate of drug-likeness (QED) is 0.461. The third-order valence-corrected chi connectivity index (χ3v) is 5.71. The smallest absolute Gasteiger partial charge is 0.272 e. The number of rotatable bonds is 7. The highest BCUT2D eigenvalue weighted by Crippen LogP contribution is 2.23. The normalized spacial score (nSPS) is 11.2. The maximum absolute atomic E-state index is 13.8. The van der Waals surface area contributed by atoms with Gasteiger partial charge in [-0.3, -0.25) is 14.2 Å². The number of nitrogens with zero attached hydrogens (tertiary/aromatic N) is 2. The maximum atomic E-state index is 13.8. The number of anilines is 1. The van der Waals surface area contributed by atoms with Gasteiger partial charge in [0.05, 0.1) is 18.4 Å². The number of thioether (sulfide) groups is 1. The van der Waals surface area contributed by atoms with Gasteiger partial charge < -0.3 is 10.1 Å². The highest BCUT2D eigenvalue weighted by molar-refractivity contribution is 7.99. The molecule has 2 aromatic heterocycles. The number of aromatic nitrogens is 2. The summed E-state index contributed by atoms with van der Waals surface area (Å²) in [5.41, 5.74) is 0.883. The van der Waals surface area contributed by atoms with Crippen molar-refractivity contribution in [2.24, 2.45) is 5.92 Å². The molecule has 148 valence electrons. The monoisotopic (exact) mass is 421 g/mol.